The Kier molecular flexibility index (Phi) is 4.62. The molecule has 2 aromatic carbocycles. The van der Waals surface area contributed by atoms with Crippen molar-refractivity contribution in [1.29, 1.82) is 0 Å². The third-order valence-electron chi connectivity index (χ3n) is 4.60. The fourth-order valence-electron chi connectivity index (χ4n) is 3.29. The molecule has 2 N–H and O–H groups in total. The lowest BCUT2D eigenvalue weighted by molar-refractivity contribution is -0.116. The van der Waals surface area contributed by atoms with E-state index in [1.165, 1.54) is 18.5 Å². The lowest BCUT2D eigenvalue weighted by Gasteiger charge is -2.12. The fraction of sp³-hybridized carbons (Fsp3) is 0.200. The maximum Gasteiger partial charge on any atom is 0.335 e. The highest BCUT2D eigenvalue weighted by molar-refractivity contribution is 6.07. The van der Waals surface area contributed by atoms with Gasteiger partial charge < -0.3 is 19.9 Å². The maximum absolute atomic E-state index is 12.6. The van der Waals surface area contributed by atoms with Crippen LogP contribution in [0.1, 0.15) is 27.5 Å². The molecule has 2 heterocycles. The molecule has 0 saturated heterocycles. The van der Waals surface area contributed by atoms with Crippen LogP contribution >= 0.6 is 0 Å². The number of carbonyl (C=O) groups excluding carboxylic acids is 1. The Hall–Kier alpha value is -3.52. The molecule has 0 saturated carbocycles. The minimum absolute atomic E-state index is 0.118. The number of rotatable bonds is 6. The van der Waals surface area contributed by atoms with E-state index in [1.807, 2.05) is 0 Å². The highest BCUT2D eigenvalue weighted by Crippen LogP contribution is 2.39. The largest absolute Gasteiger partial charge is 0.491 e. The number of benzene rings is 2. The normalized spacial score (nSPS) is 15.3. The zero-order chi connectivity index (χ0) is 19.7. The van der Waals surface area contributed by atoms with Crippen molar-refractivity contribution < 1.29 is 24.2 Å². The van der Waals surface area contributed by atoms with Crippen molar-refractivity contribution >= 4 is 28.5 Å². The highest BCUT2D eigenvalue weighted by atomic mass is 16.5. The first kappa shape index (κ1) is 17.9. The molecule has 1 amide bonds. The predicted octanol–water partition coefficient (Wildman–Crippen LogP) is 2.44. The number of ether oxygens (including phenoxy) is 2. The highest BCUT2D eigenvalue weighted by Gasteiger charge is 2.35. The quantitative estimate of drug-likeness (QED) is 0.633. The Balaban J connectivity index is 1.76. The molecule has 0 fully saturated rings. The summed E-state index contributed by atoms with van der Waals surface area (Å²) in [5, 5.41) is 12.8. The van der Waals surface area contributed by atoms with Gasteiger partial charge in [0, 0.05) is 24.2 Å². The molecule has 1 aliphatic rings. The molecule has 0 radical (unpaired) electrons. The molecule has 4 rings (SSSR count). The van der Waals surface area contributed by atoms with Crippen LogP contribution in [0.2, 0.25) is 0 Å². The van der Waals surface area contributed by atoms with Crippen molar-refractivity contribution in [2.24, 2.45) is 0 Å². The zero-order valence-electron chi connectivity index (χ0n) is 15.0. The number of hydrogen-bond acceptors (Lipinski definition) is 6. The number of carboxylic acid groups (broad SMARTS) is 1. The van der Waals surface area contributed by atoms with E-state index in [-0.39, 0.29) is 11.5 Å². The second kappa shape index (κ2) is 7.24. The summed E-state index contributed by atoms with van der Waals surface area (Å²) in [5.41, 5.74) is 2.45. The number of fused-ring (bicyclic) bond motifs is 2. The Morgan fingerprint density at radius 3 is 2.82 bits per heavy atom. The van der Waals surface area contributed by atoms with Gasteiger partial charge in [0.2, 0.25) is 5.91 Å². The smallest absolute Gasteiger partial charge is 0.335 e. The molecule has 8 nitrogen and oxygen atoms in total. The molecule has 8 heteroatoms. The van der Waals surface area contributed by atoms with Gasteiger partial charge in [0.25, 0.3) is 0 Å². The van der Waals surface area contributed by atoms with Gasteiger partial charge >= 0.3 is 5.97 Å². The summed E-state index contributed by atoms with van der Waals surface area (Å²) >= 11 is 0. The molecule has 0 bridgehead atoms. The zero-order valence-corrected chi connectivity index (χ0v) is 15.0. The van der Waals surface area contributed by atoms with E-state index in [9.17, 15) is 14.7 Å². The van der Waals surface area contributed by atoms with Crippen molar-refractivity contribution in [2.75, 3.05) is 25.6 Å². The Morgan fingerprint density at radius 1 is 1.18 bits per heavy atom. The number of nitrogens with one attached hydrogen (secondary N) is 1. The van der Waals surface area contributed by atoms with Gasteiger partial charge in [0.05, 0.1) is 23.4 Å². The predicted molar refractivity (Wildman–Crippen MR) is 101 cm³/mol. The molecule has 28 heavy (non-hydrogen) atoms. The molecule has 0 aliphatic carbocycles. The summed E-state index contributed by atoms with van der Waals surface area (Å²) in [6.45, 7) is 0.883. The SMILES string of the molecule is COCCOc1ccc2c(C3C(=O)Nc4ccc(C(=O)O)cc43)ncnc2c1. The molecule has 0 spiro atoms. The summed E-state index contributed by atoms with van der Waals surface area (Å²) in [5.74, 6) is -1.37. The molecular formula is C20H17N3O5. The van der Waals surface area contributed by atoms with Gasteiger partial charge in [-0.1, -0.05) is 0 Å². The van der Waals surface area contributed by atoms with E-state index >= 15 is 0 Å². The van der Waals surface area contributed by atoms with Gasteiger partial charge in [0.15, 0.2) is 0 Å². The second-order valence-electron chi connectivity index (χ2n) is 6.31. The van der Waals surface area contributed by atoms with Gasteiger partial charge in [-0.25, -0.2) is 14.8 Å². The fourth-order valence-corrected chi connectivity index (χ4v) is 3.29. The minimum Gasteiger partial charge on any atom is -0.491 e. The van der Waals surface area contributed by atoms with E-state index in [2.05, 4.69) is 15.3 Å². The van der Waals surface area contributed by atoms with Gasteiger partial charge in [-0.2, -0.15) is 0 Å². The van der Waals surface area contributed by atoms with Crippen LogP contribution < -0.4 is 10.1 Å². The van der Waals surface area contributed by atoms with E-state index < -0.39 is 11.9 Å². The van der Waals surface area contributed by atoms with Crippen LogP contribution in [-0.4, -0.2) is 47.3 Å². The van der Waals surface area contributed by atoms with E-state index in [4.69, 9.17) is 9.47 Å². The van der Waals surface area contributed by atoms with E-state index in [0.29, 0.717) is 46.8 Å². The van der Waals surface area contributed by atoms with Crippen LogP contribution in [-0.2, 0) is 9.53 Å². The van der Waals surface area contributed by atoms with Crippen molar-refractivity contribution in [1.82, 2.24) is 9.97 Å². The third kappa shape index (κ3) is 3.14. The lowest BCUT2D eigenvalue weighted by atomic mass is 9.93. The molecule has 3 aromatic rings. The Morgan fingerprint density at radius 2 is 2.04 bits per heavy atom. The number of aromatic nitrogens is 2. The van der Waals surface area contributed by atoms with Crippen LogP contribution in [0, 0.1) is 0 Å². The Labute approximate surface area is 160 Å². The third-order valence-corrected chi connectivity index (χ3v) is 4.60. The van der Waals surface area contributed by atoms with Crippen molar-refractivity contribution in [3.63, 3.8) is 0 Å². The molecule has 142 valence electrons. The minimum atomic E-state index is -1.05. The number of hydrogen-bond donors (Lipinski definition) is 2. The Bertz CT molecular complexity index is 1080. The number of aromatic carboxylic acids is 1. The molecule has 1 atom stereocenters. The van der Waals surface area contributed by atoms with Crippen molar-refractivity contribution in [2.45, 2.75) is 5.92 Å². The number of methoxy groups -OCH3 is 1. The summed E-state index contributed by atoms with van der Waals surface area (Å²) in [7, 11) is 1.60. The monoisotopic (exact) mass is 379 g/mol. The van der Waals surface area contributed by atoms with E-state index in [1.54, 1.807) is 31.4 Å². The summed E-state index contributed by atoms with van der Waals surface area (Å²) in [6, 6.07) is 9.94. The summed E-state index contributed by atoms with van der Waals surface area (Å²) in [4.78, 5) is 32.6. The van der Waals surface area contributed by atoms with Gasteiger partial charge in [-0.05, 0) is 35.9 Å². The number of nitrogens with zero attached hydrogens (tertiary/aromatic N) is 2. The van der Waals surface area contributed by atoms with E-state index in [0.717, 1.165) is 0 Å². The van der Waals surface area contributed by atoms with Crippen LogP contribution in [0.4, 0.5) is 5.69 Å². The average molecular weight is 379 g/mol. The standard InChI is InChI=1S/C20H17N3O5/c1-27-6-7-28-12-3-4-13-16(9-12)21-10-22-18(13)17-14-8-11(20(25)26)2-5-15(14)23-19(17)24/h2-5,8-10,17H,6-7H2,1H3,(H,23,24)(H,25,26). The average Bonchev–Trinajstić information content (AvgIpc) is 3.02. The maximum atomic E-state index is 12.6. The lowest BCUT2D eigenvalue weighted by Crippen LogP contribution is -2.15. The summed E-state index contributed by atoms with van der Waals surface area (Å²) in [6.07, 6.45) is 1.39. The number of amides is 1. The molecule has 1 unspecified atom stereocenters. The van der Waals surface area contributed by atoms with Crippen LogP contribution in [0.5, 0.6) is 5.75 Å². The van der Waals surface area contributed by atoms with Gasteiger partial charge in [-0.3, -0.25) is 4.79 Å². The van der Waals surface area contributed by atoms with Crippen LogP contribution in [0.3, 0.4) is 0 Å². The molecule has 1 aromatic heterocycles. The van der Waals surface area contributed by atoms with Gasteiger partial charge in [0.1, 0.15) is 24.6 Å². The number of carbonyl (C=O) groups is 2. The second-order valence-corrected chi connectivity index (χ2v) is 6.31. The van der Waals surface area contributed by atoms with Crippen molar-refractivity contribution in [3.8, 4) is 5.75 Å². The first-order valence-corrected chi connectivity index (χ1v) is 8.63. The van der Waals surface area contributed by atoms with Crippen molar-refractivity contribution in [3.05, 3.63) is 59.5 Å². The topological polar surface area (TPSA) is 111 Å². The first-order chi connectivity index (χ1) is 13.6. The molecule has 1 aliphatic heterocycles. The first-order valence-electron chi connectivity index (χ1n) is 8.63. The summed E-state index contributed by atoms with van der Waals surface area (Å²) < 4.78 is 10.6. The number of anilines is 1. The number of carboxylic acids is 1. The molecular weight excluding hydrogens is 362 g/mol. The van der Waals surface area contributed by atoms with Gasteiger partial charge in [-0.15, -0.1) is 0 Å². The van der Waals surface area contributed by atoms with Crippen LogP contribution in [0.15, 0.2) is 42.7 Å². The van der Waals surface area contributed by atoms with Crippen LogP contribution in [0.25, 0.3) is 10.9 Å².